The van der Waals surface area contributed by atoms with Crippen molar-refractivity contribution in [1.82, 2.24) is 0 Å². The lowest BCUT2D eigenvalue weighted by atomic mass is 10.2. The second-order valence-corrected chi connectivity index (χ2v) is 2.54. The Morgan fingerprint density at radius 2 is 1.90 bits per heavy atom. The lowest BCUT2D eigenvalue weighted by Crippen LogP contribution is -1.93. The zero-order chi connectivity index (χ0) is 7.40. The lowest BCUT2D eigenvalue weighted by Gasteiger charge is -1.93. The Morgan fingerprint density at radius 3 is 2.40 bits per heavy atom. The Hall–Kier alpha value is -0.830. The molecule has 0 bridgehead atoms. The summed E-state index contributed by atoms with van der Waals surface area (Å²) in [4.78, 5) is 0. The first-order valence-electron chi connectivity index (χ1n) is 2.83. The van der Waals surface area contributed by atoms with Gasteiger partial charge < -0.3 is 5.84 Å². The van der Waals surface area contributed by atoms with Crippen molar-refractivity contribution in [3.8, 4) is 0 Å². The highest BCUT2D eigenvalue weighted by atomic mass is 79.9. The molecule has 1 aromatic carbocycles. The van der Waals surface area contributed by atoms with Gasteiger partial charge in [0, 0.05) is 5.56 Å². The molecule has 0 saturated carbocycles. The van der Waals surface area contributed by atoms with E-state index in [4.69, 9.17) is 5.84 Å². The molecule has 0 saturated heterocycles. The van der Waals surface area contributed by atoms with Crippen LogP contribution in [0.5, 0.6) is 0 Å². The van der Waals surface area contributed by atoms with Gasteiger partial charge in [-0.3, -0.25) is 0 Å². The predicted octanol–water partition coefficient (Wildman–Crippen LogP) is 1.70. The van der Waals surface area contributed by atoms with Crippen molar-refractivity contribution in [3.63, 3.8) is 0 Å². The van der Waals surface area contributed by atoms with Gasteiger partial charge in [-0.15, -0.1) is 0 Å². The van der Waals surface area contributed by atoms with Crippen molar-refractivity contribution < 1.29 is 0 Å². The second-order valence-electron chi connectivity index (χ2n) is 1.79. The van der Waals surface area contributed by atoms with Crippen molar-refractivity contribution in [3.05, 3.63) is 35.9 Å². The summed E-state index contributed by atoms with van der Waals surface area (Å²) in [5.74, 6) is 5.05. The van der Waals surface area contributed by atoms with Gasteiger partial charge in [-0.05, 0) is 15.9 Å². The molecule has 0 fully saturated rings. The first-order chi connectivity index (χ1) is 4.84. The molecule has 1 aromatic rings. The van der Waals surface area contributed by atoms with E-state index in [0.717, 1.165) is 5.56 Å². The second kappa shape index (κ2) is 3.37. The Balaban J connectivity index is 2.96. The number of hydrogen-bond donors (Lipinski definition) is 1. The van der Waals surface area contributed by atoms with Crippen LogP contribution in [-0.4, -0.2) is 4.62 Å². The van der Waals surface area contributed by atoms with E-state index in [-0.39, 0.29) is 0 Å². The molecule has 0 aliphatic heterocycles. The van der Waals surface area contributed by atoms with Crippen molar-refractivity contribution in [2.75, 3.05) is 0 Å². The van der Waals surface area contributed by atoms with Gasteiger partial charge in [0.05, 0.1) is 0 Å². The molecule has 0 aromatic heterocycles. The van der Waals surface area contributed by atoms with Crippen LogP contribution in [0.25, 0.3) is 0 Å². The zero-order valence-corrected chi connectivity index (χ0v) is 6.88. The summed E-state index contributed by atoms with van der Waals surface area (Å²) >= 11 is 3.21. The van der Waals surface area contributed by atoms with E-state index in [2.05, 4.69) is 21.0 Å². The average molecular weight is 199 g/mol. The maximum atomic E-state index is 5.05. The quantitative estimate of drug-likeness (QED) is 0.417. The molecule has 0 spiro atoms. The van der Waals surface area contributed by atoms with Crippen molar-refractivity contribution in [2.45, 2.75) is 0 Å². The number of benzene rings is 1. The summed E-state index contributed by atoms with van der Waals surface area (Å²) in [6.07, 6.45) is 0. The molecule has 3 heteroatoms. The monoisotopic (exact) mass is 198 g/mol. The minimum atomic E-state index is 0.674. The summed E-state index contributed by atoms with van der Waals surface area (Å²) in [7, 11) is 0. The maximum Gasteiger partial charge on any atom is 0.132 e. The molecule has 2 nitrogen and oxygen atoms in total. The number of nitrogens with zero attached hydrogens (tertiary/aromatic N) is 1. The van der Waals surface area contributed by atoms with Crippen molar-refractivity contribution in [2.24, 2.45) is 10.9 Å². The smallest absolute Gasteiger partial charge is 0.132 e. The number of nitrogens with two attached hydrogens (primary N) is 1. The fraction of sp³-hybridized carbons (Fsp3) is 0. The van der Waals surface area contributed by atoms with Gasteiger partial charge in [-0.25, -0.2) is 0 Å². The van der Waals surface area contributed by atoms with Crippen LogP contribution >= 0.6 is 15.9 Å². The van der Waals surface area contributed by atoms with Crippen LogP contribution in [0.2, 0.25) is 0 Å². The standard InChI is InChI=1S/C7H7BrN2/c8-7(10-9)6-4-2-1-3-5-6/h1-5H,9H2/b10-7-. The third kappa shape index (κ3) is 1.57. The van der Waals surface area contributed by atoms with E-state index < -0.39 is 0 Å². The van der Waals surface area contributed by atoms with Gasteiger partial charge in [-0.1, -0.05) is 30.3 Å². The van der Waals surface area contributed by atoms with Crippen LogP contribution in [-0.2, 0) is 0 Å². The normalized spacial score (nSPS) is 11.5. The Kier molecular flexibility index (Phi) is 2.45. The average Bonchev–Trinajstić information content (AvgIpc) is 2.05. The minimum absolute atomic E-state index is 0.674. The number of hydrogen-bond acceptors (Lipinski definition) is 2. The van der Waals surface area contributed by atoms with Gasteiger partial charge in [0.15, 0.2) is 0 Å². The third-order valence-corrected chi connectivity index (χ3v) is 1.79. The van der Waals surface area contributed by atoms with Gasteiger partial charge >= 0.3 is 0 Å². The Morgan fingerprint density at radius 1 is 1.30 bits per heavy atom. The number of hydrazone groups is 1. The first kappa shape index (κ1) is 7.28. The SMILES string of the molecule is N/N=C(\Br)c1ccccc1. The zero-order valence-electron chi connectivity index (χ0n) is 5.29. The van der Waals surface area contributed by atoms with Crippen molar-refractivity contribution in [1.29, 1.82) is 0 Å². The molecule has 0 atom stereocenters. The van der Waals surface area contributed by atoms with E-state index in [9.17, 15) is 0 Å². The fourth-order valence-electron chi connectivity index (χ4n) is 0.650. The highest BCUT2D eigenvalue weighted by molar-refractivity contribution is 9.18. The van der Waals surface area contributed by atoms with Crippen LogP contribution in [0.4, 0.5) is 0 Å². The third-order valence-electron chi connectivity index (χ3n) is 1.13. The fourth-order valence-corrected chi connectivity index (χ4v) is 0.915. The van der Waals surface area contributed by atoms with Crippen molar-refractivity contribution >= 4 is 20.6 Å². The highest BCUT2D eigenvalue weighted by Gasteiger charge is 1.93. The Labute approximate surface area is 67.9 Å². The van der Waals surface area contributed by atoms with Crippen LogP contribution in [0, 0.1) is 0 Å². The molecule has 0 heterocycles. The summed E-state index contributed by atoms with van der Waals surface area (Å²) < 4.78 is 0.674. The highest BCUT2D eigenvalue weighted by Crippen LogP contribution is 2.04. The molecule has 0 radical (unpaired) electrons. The van der Waals surface area contributed by atoms with Gasteiger partial charge in [0.2, 0.25) is 0 Å². The first-order valence-corrected chi connectivity index (χ1v) is 3.62. The minimum Gasteiger partial charge on any atom is -0.322 e. The molecule has 10 heavy (non-hydrogen) atoms. The predicted molar refractivity (Wildman–Crippen MR) is 46.1 cm³/mol. The van der Waals surface area contributed by atoms with E-state index in [1.54, 1.807) is 0 Å². The van der Waals surface area contributed by atoms with E-state index in [1.165, 1.54) is 0 Å². The molecular weight excluding hydrogens is 192 g/mol. The molecule has 0 aliphatic carbocycles. The van der Waals surface area contributed by atoms with Crippen LogP contribution < -0.4 is 5.84 Å². The molecule has 0 unspecified atom stereocenters. The van der Waals surface area contributed by atoms with E-state index in [1.807, 2.05) is 30.3 Å². The number of rotatable bonds is 1. The van der Waals surface area contributed by atoms with Gasteiger partial charge in [0.25, 0.3) is 0 Å². The molecule has 2 N–H and O–H groups in total. The van der Waals surface area contributed by atoms with Gasteiger partial charge in [0.1, 0.15) is 4.62 Å². The van der Waals surface area contributed by atoms with Crippen LogP contribution in [0.3, 0.4) is 0 Å². The molecule has 1 rings (SSSR count). The van der Waals surface area contributed by atoms with Crippen LogP contribution in [0.1, 0.15) is 5.56 Å². The summed E-state index contributed by atoms with van der Waals surface area (Å²) in [6.45, 7) is 0. The van der Waals surface area contributed by atoms with E-state index in [0.29, 0.717) is 4.62 Å². The van der Waals surface area contributed by atoms with Crippen LogP contribution in [0.15, 0.2) is 35.4 Å². The largest absolute Gasteiger partial charge is 0.322 e. The van der Waals surface area contributed by atoms with Gasteiger partial charge in [-0.2, -0.15) is 5.10 Å². The summed E-state index contributed by atoms with van der Waals surface area (Å²) in [6, 6.07) is 9.67. The summed E-state index contributed by atoms with van der Waals surface area (Å²) in [5.41, 5.74) is 0.991. The summed E-state index contributed by atoms with van der Waals surface area (Å²) in [5, 5.41) is 3.49. The Bertz CT molecular complexity index is 231. The molecule has 0 aliphatic rings. The molecule has 0 amide bonds. The molecular formula is C7H7BrN2. The topological polar surface area (TPSA) is 38.4 Å². The molecule has 52 valence electrons. The number of halogens is 1. The maximum absolute atomic E-state index is 5.05. The lowest BCUT2D eigenvalue weighted by molar-refractivity contribution is 1.26. The van der Waals surface area contributed by atoms with E-state index >= 15 is 0 Å².